The largest absolute Gasteiger partial charge is 0.480 e. The fourth-order valence-electron chi connectivity index (χ4n) is 2.02. The van der Waals surface area contributed by atoms with E-state index in [0.29, 0.717) is 12.8 Å². The first-order valence-corrected chi connectivity index (χ1v) is 7.09. The van der Waals surface area contributed by atoms with Gasteiger partial charge in [-0.1, -0.05) is 0 Å². The van der Waals surface area contributed by atoms with Gasteiger partial charge in [0.05, 0.1) is 0 Å². The molecular weight excluding hydrogens is 250 g/mol. The maximum atomic E-state index is 12.1. The van der Waals surface area contributed by atoms with E-state index in [0.717, 1.165) is 18.4 Å². The molecule has 1 saturated carbocycles. The van der Waals surface area contributed by atoms with E-state index in [1.807, 2.05) is 16.8 Å². The van der Waals surface area contributed by atoms with Crippen LogP contribution in [0.2, 0.25) is 0 Å². The number of nitrogens with zero attached hydrogens (tertiary/aromatic N) is 1. The second-order valence-corrected chi connectivity index (χ2v) is 5.46. The number of hydrogen-bond acceptors (Lipinski definition) is 3. The first-order chi connectivity index (χ1) is 8.59. The number of carbonyl (C=O) groups excluding carboxylic acids is 1. The Balaban J connectivity index is 1.93. The number of carboxylic acid groups (broad SMARTS) is 1. The van der Waals surface area contributed by atoms with Gasteiger partial charge in [0.1, 0.15) is 6.04 Å². The van der Waals surface area contributed by atoms with E-state index < -0.39 is 12.0 Å². The average Bonchev–Trinajstić information content (AvgIpc) is 3.02. The van der Waals surface area contributed by atoms with Gasteiger partial charge >= 0.3 is 5.97 Å². The topological polar surface area (TPSA) is 57.6 Å². The molecule has 18 heavy (non-hydrogen) atoms. The molecule has 2 rings (SSSR count). The standard InChI is InChI=1S/C13H17NO3S/c1-9(13(16)17)14(11-3-4-11)12(15)5-2-10-6-7-18-8-10/h6-9,11H,2-5H2,1H3,(H,16,17). The Hall–Kier alpha value is -1.36. The van der Waals surface area contributed by atoms with Gasteiger partial charge in [-0.05, 0) is 48.6 Å². The summed E-state index contributed by atoms with van der Waals surface area (Å²) < 4.78 is 0. The summed E-state index contributed by atoms with van der Waals surface area (Å²) in [5.41, 5.74) is 1.15. The summed E-state index contributed by atoms with van der Waals surface area (Å²) in [5, 5.41) is 13.0. The van der Waals surface area contributed by atoms with Gasteiger partial charge < -0.3 is 10.0 Å². The summed E-state index contributed by atoms with van der Waals surface area (Å²) in [4.78, 5) is 24.7. The highest BCUT2D eigenvalue weighted by Crippen LogP contribution is 2.29. The molecule has 1 atom stereocenters. The van der Waals surface area contributed by atoms with Gasteiger partial charge in [-0.15, -0.1) is 0 Å². The van der Waals surface area contributed by atoms with E-state index in [1.54, 1.807) is 23.2 Å². The minimum atomic E-state index is -0.925. The number of hydrogen-bond donors (Lipinski definition) is 1. The van der Waals surface area contributed by atoms with E-state index in [2.05, 4.69) is 0 Å². The molecule has 1 aliphatic carbocycles. The molecule has 98 valence electrons. The van der Waals surface area contributed by atoms with Gasteiger partial charge in [0.25, 0.3) is 0 Å². The molecule has 0 aromatic carbocycles. The summed E-state index contributed by atoms with van der Waals surface area (Å²) in [7, 11) is 0. The van der Waals surface area contributed by atoms with Crippen LogP contribution >= 0.6 is 11.3 Å². The molecule has 4 nitrogen and oxygen atoms in total. The third-order valence-electron chi connectivity index (χ3n) is 3.21. The quantitative estimate of drug-likeness (QED) is 0.859. The fourth-order valence-corrected chi connectivity index (χ4v) is 2.73. The van der Waals surface area contributed by atoms with E-state index in [1.165, 1.54) is 0 Å². The number of carboxylic acids is 1. The molecule has 1 N–H and O–H groups in total. The predicted octanol–water partition coefficient (Wildman–Crippen LogP) is 2.14. The fraction of sp³-hybridized carbons (Fsp3) is 0.538. The zero-order valence-electron chi connectivity index (χ0n) is 10.3. The lowest BCUT2D eigenvalue weighted by Crippen LogP contribution is -2.44. The lowest BCUT2D eigenvalue weighted by atomic mass is 10.1. The number of thiophene rings is 1. The van der Waals surface area contributed by atoms with Gasteiger partial charge in [-0.25, -0.2) is 4.79 Å². The van der Waals surface area contributed by atoms with Crippen LogP contribution in [0.5, 0.6) is 0 Å². The maximum absolute atomic E-state index is 12.1. The highest BCUT2D eigenvalue weighted by Gasteiger charge is 2.37. The van der Waals surface area contributed by atoms with Gasteiger partial charge in [0.2, 0.25) is 5.91 Å². The molecule has 0 radical (unpaired) electrons. The second-order valence-electron chi connectivity index (χ2n) is 4.68. The normalized spacial score (nSPS) is 16.3. The van der Waals surface area contributed by atoms with E-state index >= 15 is 0 Å². The molecule has 0 aliphatic heterocycles. The average molecular weight is 267 g/mol. The summed E-state index contributed by atoms with van der Waals surface area (Å²) in [5.74, 6) is -0.968. The Bertz CT molecular complexity index is 425. The Labute approximate surface area is 110 Å². The number of amides is 1. The van der Waals surface area contributed by atoms with Crippen molar-refractivity contribution < 1.29 is 14.7 Å². The molecule has 1 amide bonds. The van der Waals surface area contributed by atoms with Gasteiger partial charge in [-0.3, -0.25) is 4.79 Å². The predicted molar refractivity (Wildman–Crippen MR) is 69.6 cm³/mol. The SMILES string of the molecule is CC(C(=O)O)N(C(=O)CCc1ccsc1)C1CC1. The third kappa shape index (κ3) is 3.10. The number of aliphatic carboxylic acids is 1. The van der Waals surface area contributed by atoms with Crippen molar-refractivity contribution in [2.24, 2.45) is 0 Å². The summed E-state index contributed by atoms with van der Waals surface area (Å²) in [6, 6.07) is 1.43. The Morgan fingerprint density at radius 2 is 2.28 bits per heavy atom. The highest BCUT2D eigenvalue weighted by atomic mass is 32.1. The lowest BCUT2D eigenvalue weighted by Gasteiger charge is -2.26. The van der Waals surface area contributed by atoms with Gasteiger partial charge in [0.15, 0.2) is 0 Å². The van der Waals surface area contributed by atoms with Crippen molar-refractivity contribution in [2.75, 3.05) is 0 Å². The van der Waals surface area contributed by atoms with Crippen molar-refractivity contribution in [3.8, 4) is 0 Å². The van der Waals surface area contributed by atoms with Crippen LogP contribution in [0.1, 0.15) is 31.7 Å². The first-order valence-electron chi connectivity index (χ1n) is 6.14. The zero-order chi connectivity index (χ0) is 13.1. The van der Waals surface area contributed by atoms with E-state index in [-0.39, 0.29) is 11.9 Å². The highest BCUT2D eigenvalue weighted by molar-refractivity contribution is 7.07. The molecule has 1 aromatic rings. The Morgan fingerprint density at radius 1 is 1.56 bits per heavy atom. The molecule has 5 heteroatoms. The van der Waals surface area contributed by atoms with Crippen LogP contribution in [0, 0.1) is 0 Å². The van der Waals surface area contributed by atoms with Crippen LogP contribution in [0.3, 0.4) is 0 Å². The van der Waals surface area contributed by atoms with Crippen LogP contribution in [0.4, 0.5) is 0 Å². The van der Waals surface area contributed by atoms with Crippen molar-refractivity contribution in [2.45, 2.75) is 44.7 Å². The Kier molecular flexibility index (Phi) is 4.01. The molecule has 1 aromatic heterocycles. The van der Waals surface area contributed by atoms with Crippen LogP contribution in [-0.2, 0) is 16.0 Å². The zero-order valence-corrected chi connectivity index (χ0v) is 11.2. The summed E-state index contributed by atoms with van der Waals surface area (Å²) >= 11 is 1.61. The van der Waals surface area contributed by atoms with Crippen molar-refractivity contribution in [3.05, 3.63) is 22.4 Å². The summed E-state index contributed by atoms with van der Waals surface area (Å²) in [6.07, 6.45) is 2.95. The number of carbonyl (C=O) groups is 2. The Morgan fingerprint density at radius 3 is 2.78 bits per heavy atom. The maximum Gasteiger partial charge on any atom is 0.326 e. The molecule has 0 spiro atoms. The molecule has 0 bridgehead atoms. The molecule has 1 heterocycles. The van der Waals surface area contributed by atoms with Crippen LogP contribution < -0.4 is 0 Å². The third-order valence-corrected chi connectivity index (χ3v) is 3.94. The molecule has 1 unspecified atom stereocenters. The molecular formula is C13H17NO3S. The van der Waals surface area contributed by atoms with E-state index in [4.69, 9.17) is 5.11 Å². The molecule has 0 saturated heterocycles. The van der Waals surface area contributed by atoms with Crippen LogP contribution in [0.25, 0.3) is 0 Å². The van der Waals surface area contributed by atoms with Crippen molar-refractivity contribution in [1.82, 2.24) is 4.90 Å². The smallest absolute Gasteiger partial charge is 0.326 e. The van der Waals surface area contributed by atoms with Gasteiger partial charge in [0, 0.05) is 12.5 Å². The molecule has 1 fully saturated rings. The van der Waals surface area contributed by atoms with Crippen molar-refractivity contribution in [1.29, 1.82) is 0 Å². The van der Waals surface area contributed by atoms with Gasteiger partial charge in [-0.2, -0.15) is 11.3 Å². The lowest BCUT2D eigenvalue weighted by molar-refractivity contribution is -0.150. The monoisotopic (exact) mass is 267 g/mol. The number of rotatable bonds is 6. The minimum Gasteiger partial charge on any atom is -0.480 e. The van der Waals surface area contributed by atoms with Crippen LogP contribution in [0.15, 0.2) is 16.8 Å². The summed E-state index contributed by atoms with van der Waals surface area (Å²) in [6.45, 7) is 1.59. The number of aryl methyl sites for hydroxylation is 1. The second kappa shape index (κ2) is 5.52. The molecule has 1 aliphatic rings. The van der Waals surface area contributed by atoms with E-state index in [9.17, 15) is 9.59 Å². The van der Waals surface area contributed by atoms with Crippen molar-refractivity contribution >= 4 is 23.2 Å². The van der Waals surface area contributed by atoms with Crippen molar-refractivity contribution in [3.63, 3.8) is 0 Å². The minimum absolute atomic E-state index is 0.0430. The first kappa shape index (κ1) is 13.1. The van der Waals surface area contributed by atoms with Crippen LogP contribution in [-0.4, -0.2) is 34.0 Å².